The highest BCUT2D eigenvalue weighted by Gasteiger charge is 2.38. The number of benzene rings is 2. The quantitative estimate of drug-likeness (QED) is 0.304. The molecule has 0 fully saturated rings. The Morgan fingerprint density at radius 3 is 1.70 bits per heavy atom. The largest absolute Gasteiger partial charge is 0.460 e. The first-order valence-corrected chi connectivity index (χ1v) is 11.2. The molecule has 0 N–H and O–H groups in total. The lowest BCUT2D eigenvalue weighted by Crippen LogP contribution is -2.36. The molecule has 3 aromatic rings. The minimum absolute atomic E-state index is 0.0358. The van der Waals surface area contributed by atoms with Gasteiger partial charge in [-0.3, -0.25) is 19.0 Å². The number of hydrogen-bond acceptors (Lipinski definition) is 5. The predicted molar refractivity (Wildman–Crippen MR) is 124 cm³/mol. The van der Waals surface area contributed by atoms with Crippen LogP contribution in [0.2, 0.25) is 0 Å². The highest BCUT2D eigenvalue weighted by Crippen LogP contribution is 2.26. The maximum absolute atomic E-state index is 13.1. The van der Waals surface area contributed by atoms with Crippen molar-refractivity contribution < 1.29 is 23.9 Å². The second-order valence-electron chi connectivity index (χ2n) is 7.90. The summed E-state index contributed by atoms with van der Waals surface area (Å²) >= 11 is 0. The molecule has 0 spiro atoms. The van der Waals surface area contributed by atoms with Gasteiger partial charge in [0, 0.05) is 18.8 Å². The number of aromatic nitrogens is 1. The molecule has 0 aliphatic heterocycles. The third kappa shape index (κ3) is 7.17. The van der Waals surface area contributed by atoms with Gasteiger partial charge >= 0.3 is 11.9 Å². The van der Waals surface area contributed by atoms with Crippen LogP contribution in [-0.4, -0.2) is 22.4 Å². The highest BCUT2D eigenvalue weighted by molar-refractivity contribution is 5.96. The van der Waals surface area contributed by atoms with E-state index in [1.165, 1.54) is 4.57 Å². The molecule has 1 atom stereocenters. The molecule has 1 heterocycles. The zero-order valence-corrected chi connectivity index (χ0v) is 18.8. The van der Waals surface area contributed by atoms with Gasteiger partial charge < -0.3 is 9.47 Å². The molecule has 3 rings (SSSR count). The second-order valence-corrected chi connectivity index (χ2v) is 7.90. The van der Waals surface area contributed by atoms with Gasteiger partial charge in [0.15, 0.2) is 5.92 Å². The van der Waals surface area contributed by atoms with Gasteiger partial charge in [-0.1, -0.05) is 74.0 Å². The first kappa shape index (κ1) is 24.0. The summed E-state index contributed by atoms with van der Waals surface area (Å²) in [5.74, 6) is -3.24. The summed E-state index contributed by atoms with van der Waals surface area (Å²) in [5.41, 5.74) is 1.63. The number of nitrogens with zero attached hydrogens (tertiary/aromatic N) is 1. The van der Waals surface area contributed by atoms with Gasteiger partial charge in [0.05, 0.1) is 0 Å². The molecule has 0 saturated heterocycles. The van der Waals surface area contributed by atoms with E-state index >= 15 is 0 Å². The van der Waals surface area contributed by atoms with E-state index in [1.807, 2.05) is 67.6 Å². The molecular weight excluding hydrogens is 418 g/mol. The summed E-state index contributed by atoms with van der Waals surface area (Å²) in [6, 6.07) is 22.0. The van der Waals surface area contributed by atoms with E-state index in [4.69, 9.17) is 9.47 Å². The maximum atomic E-state index is 13.1. The maximum Gasteiger partial charge on any atom is 0.320 e. The third-order valence-electron chi connectivity index (χ3n) is 5.42. The lowest BCUT2D eigenvalue weighted by molar-refractivity contribution is -0.166. The average molecular weight is 448 g/mol. The van der Waals surface area contributed by atoms with Crippen LogP contribution in [0.5, 0.6) is 0 Å². The zero-order chi connectivity index (χ0) is 23.5. The Hall–Kier alpha value is -3.67. The Labute approximate surface area is 194 Å². The second kappa shape index (κ2) is 12.4. The van der Waals surface area contributed by atoms with Crippen LogP contribution in [0.4, 0.5) is 0 Å². The number of rotatable bonds is 11. The lowest BCUT2D eigenvalue weighted by Gasteiger charge is -2.24. The molecule has 172 valence electrons. The van der Waals surface area contributed by atoms with Crippen LogP contribution >= 0.6 is 0 Å². The van der Waals surface area contributed by atoms with Crippen molar-refractivity contribution in [2.24, 2.45) is 11.8 Å². The normalized spacial score (nSPS) is 11.7. The Balaban J connectivity index is 1.76. The summed E-state index contributed by atoms with van der Waals surface area (Å²) in [5, 5.41) is 0. The molecule has 0 saturated carbocycles. The molecule has 6 nitrogen and oxygen atoms in total. The SMILES string of the molecule is CCC[C@H](CC(=O)n1cccc1)C(C(=O)OCc1ccccc1)C(=O)OCc1ccccc1. The smallest absolute Gasteiger partial charge is 0.320 e. The fourth-order valence-corrected chi connectivity index (χ4v) is 3.71. The van der Waals surface area contributed by atoms with Crippen LogP contribution in [0.3, 0.4) is 0 Å². The Morgan fingerprint density at radius 2 is 1.24 bits per heavy atom. The van der Waals surface area contributed by atoms with Gasteiger partial charge in [-0.25, -0.2) is 0 Å². The van der Waals surface area contributed by atoms with Gasteiger partial charge in [-0.15, -0.1) is 0 Å². The summed E-state index contributed by atoms with van der Waals surface area (Å²) in [4.78, 5) is 39.0. The minimum Gasteiger partial charge on any atom is -0.460 e. The van der Waals surface area contributed by atoms with Crippen LogP contribution < -0.4 is 0 Å². The van der Waals surface area contributed by atoms with E-state index < -0.39 is 23.8 Å². The summed E-state index contributed by atoms with van der Waals surface area (Å²) in [7, 11) is 0. The van der Waals surface area contributed by atoms with E-state index in [0.29, 0.717) is 12.8 Å². The average Bonchev–Trinajstić information content (AvgIpc) is 3.38. The molecule has 2 aromatic carbocycles. The monoisotopic (exact) mass is 447 g/mol. The number of hydrogen-bond donors (Lipinski definition) is 0. The van der Waals surface area contributed by atoms with Gasteiger partial charge in [0.1, 0.15) is 13.2 Å². The van der Waals surface area contributed by atoms with Crippen LogP contribution in [-0.2, 0) is 32.3 Å². The van der Waals surface area contributed by atoms with E-state index in [2.05, 4.69) is 0 Å². The first-order valence-electron chi connectivity index (χ1n) is 11.2. The highest BCUT2D eigenvalue weighted by atomic mass is 16.6. The fraction of sp³-hybridized carbons (Fsp3) is 0.296. The van der Waals surface area contributed by atoms with Gasteiger partial charge in [0.2, 0.25) is 5.91 Å². The molecule has 0 aliphatic rings. The molecule has 6 heteroatoms. The van der Waals surface area contributed by atoms with Crippen molar-refractivity contribution in [1.82, 2.24) is 4.57 Å². The number of carbonyl (C=O) groups is 3. The van der Waals surface area contributed by atoms with Crippen molar-refractivity contribution in [2.75, 3.05) is 0 Å². The molecule has 1 aromatic heterocycles. The van der Waals surface area contributed by atoms with Gasteiger partial charge in [-0.05, 0) is 35.6 Å². The summed E-state index contributed by atoms with van der Waals surface area (Å²) < 4.78 is 12.5. The van der Waals surface area contributed by atoms with E-state index in [-0.39, 0.29) is 25.5 Å². The zero-order valence-electron chi connectivity index (χ0n) is 18.8. The molecule has 0 aliphatic carbocycles. The van der Waals surface area contributed by atoms with Crippen molar-refractivity contribution in [2.45, 2.75) is 39.4 Å². The summed E-state index contributed by atoms with van der Waals surface area (Å²) in [6.45, 7) is 2.05. The standard InChI is InChI=1S/C27H29NO5/c1-2-11-23(18-24(29)28-16-9-10-17-28)25(26(30)32-19-21-12-5-3-6-13-21)27(31)33-20-22-14-7-4-8-15-22/h3-10,12-17,23,25H,2,11,18-20H2,1H3/t23-/m1/s1. The molecule has 0 radical (unpaired) electrons. The van der Waals surface area contributed by atoms with E-state index in [9.17, 15) is 14.4 Å². The van der Waals surface area contributed by atoms with Crippen molar-refractivity contribution in [3.05, 3.63) is 96.3 Å². The van der Waals surface area contributed by atoms with Crippen molar-refractivity contribution in [3.63, 3.8) is 0 Å². The molecular formula is C27H29NO5. The topological polar surface area (TPSA) is 74.6 Å². The number of ether oxygens (including phenoxy) is 2. The third-order valence-corrected chi connectivity index (χ3v) is 5.42. The van der Waals surface area contributed by atoms with Crippen molar-refractivity contribution in [3.8, 4) is 0 Å². The molecule has 0 unspecified atom stereocenters. The van der Waals surface area contributed by atoms with Crippen LogP contribution in [0.25, 0.3) is 0 Å². The van der Waals surface area contributed by atoms with Crippen LogP contribution in [0.15, 0.2) is 85.2 Å². The van der Waals surface area contributed by atoms with Crippen molar-refractivity contribution in [1.29, 1.82) is 0 Å². The van der Waals surface area contributed by atoms with Crippen LogP contribution in [0, 0.1) is 11.8 Å². The summed E-state index contributed by atoms with van der Waals surface area (Å²) in [6.07, 6.45) is 4.56. The van der Waals surface area contributed by atoms with Gasteiger partial charge in [0.25, 0.3) is 0 Å². The van der Waals surface area contributed by atoms with Crippen molar-refractivity contribution >= 4 is 17.8 Å². The number of esters is 2. The molecule has 0 amide bonds. The van der Waals surface area contributed by atoms with Crippen LogP contribution in [0.1, 0.15) is 42.1 Å². The minimum atomic E-state index is -1.18. The van der Waals surface area contributed by atoms with E-state index in [1.54, 1.807) is 24.5 Å². The first-order chi connectivity index (χ1) is 16.1. The molecule has 33 heavy (non-hydrogen) atoms. The lowest BCUT2D eigenvalue weighted by atomic mass is 9.85. The van der Waals surface area contributed by atoms with Gasteiger partial charge in [-0.2, -0.15) is 0 Å². The Morgan fingerprint density at radius 1 is 0.758 bits per heavy atom. The molecule has 0 bridgehead atoms. The number of carbonyl (C=O) groups excluding carboxylic acids is 3. The fourth-order valence-electron chi connectivity index (χ4n) is 3.71. The predicted octanol–water partition coefficient (Wildman–Crippen LogP) is 5.04. The Kier molecular flexibility index (Phi) is 9.00. The van der Waals surface area contributed by atoms with E-state index in [0.717, 1.165) is 11.1 Å². The Bertz CT molecular complexity index is 960.